The first kappa shape index (κ1) is 35.5. The predicted molar refractivity (Wildman–Crippen MR) is 185 cm³/mol. The van der Waals surface area contributed by atoms with Gasteiger partial charge in [0.2, 0.25) is 11.8 Å². The molecule has 3 aliphatic carbocycles. The maximum Gasteiger partial charge on any atom is 0.254 e. The Morgan fingerprint density at radius 1 is 0.733 bits per heavy atom. The molecule has 3 fully saturated rings. The third kappa shape index (κ3) is 9.81. The van der Waals surface area contributed by atoms with Gasteiger partial charge in [-0.3, -0.25) is 14.4 Å². The van der Waals surface area contributed by atoms with Gasteiger partial charge < -0.3 is 16.0 Å². The fraction of sp³-hybridized carbons (Fsp3) is 0.769. The van der Waals surface area contributed by atoms with Crippen LogP contribution in [-0.2, 0) is 4.79 Å². The van der Waals surface area contributed by atoms with Crippen LogP contribution in [0.4, 0.5) is 5.69 Å². The molecule has 0 saturated heterocycles. The summed E-state index contributed by atoms with van der Waals surface area (Å²) in [5.41, 5.74) is 7.28. The third-order valence-electron chi connectivity index (χ3n) is 11.6. The molecule has 1 aromatic rings. The minimum absolute atomic E-state index is 0.00620. The largest absolute Gasteiger partial charge is 0.366 e. The Labute approximate surface area is 274 Å². The SMILES string of the molecule is CCCCC1CCC(N(C(=O)c2cc(NC(=O)C3CCC(C(C)(C)C)CC3)cc(C(N)=O)c2)C2CCC(CCCC)CC2)CC1. The summed E-state index contributed by atoms with van der Waals surface area (Å²) in [6, 6.07) is 5.53. The lowest BCUT2D eigenvalue weighted by atomic mass is 9.69. The van der Waals surface area contributed by atoms with E-state index < -0.39 is 5.91 Å². The van der Waals surface area contributed by atoms with Crippen LogP contribution < -0.4 is 11.1 Å². The fourth-order valence-corrected chi connectivity index (χ4v) is 8.62. The number of nitrogens with one attached hydrogen (secondary N) is 1. The highest BCUT2D eigenvalue weighted by Gasteiger charge is 2.37. The van der Waals surface area contributed by atoms with E-state index in [0.717, 1.165) is 63.2 Å². The van der Waals surface area contributed by atoms with Crippen LogP contribution in [0, 0.1) is 29.1 Å². The van der Waals surface area contributed by atoms with E-state index in [0.29, 0.717) is 17.2 Å². The molecule has 0 aromatic heterocycles. The van der Waals surface area contributed by atoms with Gasteiger partial charge in [-0.05, 0) is 118 Å². The molecular weight excluding hydrogens is 558 g/mol. The summed E-state index contributed by atoms with van der Waals surface area (Å²) in [5.74, 6) is 1.50. The Morgan fingerprint density at radius 2 is 1.22 bits per heavy atom. The van der Waals surface area contributed by atoms with Crippen LogP contribution in [0.5, 0.6) is 0 Å². The van der Waals surface area contributed by atoms with Gasteiger partial charge in [0.15, 0.2) is 0 Å². The molecule has 0 atom stereocenters. The number of nitrogens with zero attached hydrogens (tertiary/aromatic N) is 1. The standard InChI is InChI=1S/C39H63N3O3/c1-6-8-10-27-12-20-34(21-13-27)42(35-22-14-28(15-23-35)11-9-7-2)38(45)31-24-30(36(40)43)25-33(26-31)41-37(44)29-16-18-32(19-17-29)39(3,4)5/h24-29,32,34-35H,6-23H2,1-5H3,(H2,40,43)(H,41,44). The number of anilines is 1. The van der Waals surface area contributed by atoms with Gasteiger partial charge in [-0.15, -0.1) is 0 Å². The van der Waals surface area contributed by atoms with E-state index in [1.807, 2.05) is 0 Å². The lowest BCUT2D eigenvalue weighted by molar-refractivity contribution is -0.121. The third-order valence-corrected chi connectivity index (χ3v) is 11.6. The van der Waals surface area contributed by atoms with Crippen LogP contribution in [-0.4, -0.2) is 34.7 Å². The number of primary amides is 1. The molecule has 252 valence electrons. The summed E-state index contributed by atoms with van der Waals surface area (Å²) in [5, 5.41) is 3.09. The Morgan fingerprint density at radius 3 is 1.67 bits per heavy atom. The normalized spacial score (nSPS) is 27.5. The number of carbonyl (C=O) groups excluding carboxylic acids is 3. The first-order valence-corrected chi connectivity index (χ1v) is 18.6. The Kier molecular flexibility index (Phi) is 13.0. The molecule has 0 heterocycles. The topological polar surface area (TPSA) is 92.5 Å². The van der Waals surface area contributed by atoms with E-state index in [1.165, 1.54) is 64.2 Å². The number of carbonyl (C=O) groups is 3. The highest BCUT2D eigenvalue weighted by molar-refractivity contribution is 6.02. The van der Waals surface area contributed by atoms with Crippen molar-refractivity contribution in [2.45, 2.75) is 162 Å². The van der Waals surface area contributed by atoms with Gasteiger partial charge in [0.1, 0.15) is 0 Å². The van der Waals surface area contributed by atoms with E-state index in [-0.39, 0.29) is 40.8 Å². The molecule has 0 radical (unpaired) electrons. The van der Waals surface area contributed by atoms with E-state index in [4.69, 9.17) is 5.73 Å². The summed E-state index contributed by atoms with van der Waals surface area (Å²) in [4.78, 5) is 42.6. The minimum Gasteiger partial charge on any atom is -0.366 e. The average molecular weight is 622 g/mol. The van der Waals surface area contributed by atoms with Crippen molar-refractivity contribution in [1.29, 1.82) is 0 Å². The zero-order valence-corrected chi connectivity index (χ0v) is 29.2. The molecule has 0 spiro atoms. The molecular formula is C39H63N3O3. The summed E-state index contributed by atoms with van der Waals surface area (Å²) in [6.45, 7) is 11.4. The van der Waals surface area contributed by atoms with Gasteiger partial charge in [0.05, 0.1) is 0 Å². The smallest absolute Gasteiger partial charge is 0.254 e. The molecule has 0 aliphatic heterocycles. The zero-order valence-electron chi connectivity index (χ0n) is 29.2. The maximum atomic E-state index is 14.6. The van der Waals surface area contributed by atoms with Crippen LogP contribution in [0.15, 0.2) is 18.2 Å². The number of rotatable bonds is 12. The molecule has 45 heavy (non-hydrogen) atoms. The van der Waals surface area contributed by atoms with Gasteiger partial charge in [-0.1, -0.05) is 73.1 Å². The van der Waals surface area contributed by atoms with E-state index in [9.17, 15) is 14.4 Å². The van der Waals surface area contributed by atoms with Crippen molar-refractivity contribution in [3.63, 3.8) is 0 Å². The number of hydrogen-bond acceptors (Lipinski definition) is 3. The van der Waals surface area contributed by atoms with Crippen molar-refractivity contribution in [2.24, 2.45) is 34.8 Å². The van der Waals surface area contributed by atoms with Gasteiger partial charge in [0.25, 0.3) is 5.91 Å². The first-order valence-electron chi connectivity index (χ1n) is 18.6. The molecule has 3 saturated carbocycles. The molecule has 1 aromatic carbocycles. The van der Waals surface area contributed by atoms with Gasteiger partial charge in [-0.2, -0.15) is 0 Å². The Bertz CT molecular complexity index is 1090. The van der Waals surface area contributed by atoms with Crippen molar-refractivity contribution in [3.8, 4) is 0 Å². The van der Waals surface area contributed by atoms with Gasteiger partial charge in [-0.25, -0.2) is 0 Å². The summed E-state index contributed by atoms with van der Waals surface area (Å²) in [6.07, 6.45) is 20.4. The van der Waals surface area contributed by atoms with E-state index in [1.54, 1.807) is 18.2 Å². The molecule has 3 aliphatic rings. The maximum absolute atomic E-state index is 14.6. The summed E-state index contributed by atoms with van der Waals surface area (Å²) < 4.78 is 0. The van der Waals surface area contributed by atoms with E-state index in [2.05, 4.69) is 44.8 Å². The monoisotopic (exact) mass is 621 g/mol. The van der Waals surface area contributed by atoms with E-state index >= 15 is 0 Å². The summed E-state index contributed by atoms with van der Waals surface area (Å²) >= 11 is 0. The van der Waals surface area contributed by atoms with Crippen LogP contribution in [0.25, 0.3) is 0 Å². The lowest BCUT2D eigenvalue weighted by Gasteiger charge is -2.44. The molecule has 0 bridgehead atoms. The summed E-state index contributed by atoms with van der Waals surface area (Å²) in [7, 11) is 0. The first-order chi connectivity index (χ1) is 21.5. The Balaban J connectivity index is 1.53. The van der Waals surface area contributed by atoms with Gasteiger partial charge in [0, 0.05) is 34.8 Å². The molecule has 6 heteroatoms. The number of hydrogen-bond donors (Lipinski definition) is 2. The molecule has 6 nitrogen and oxygen atoms in total. The van der Waals surface area contributed by atoms with Crippen LogP contribution in [0.3, 0.4) is 0 Å². The van der Waals surface area contributed by atoms with Crippen molar-refractivity contribution >= 4 is 23.4 Å². The molecule has 3 amide bonds. The average Bonchev–Trinajstić information content (AvgIpc) is 3.03. The fourth-order valence-electron chi connectivity index (χ4n) is 8.62. The zero-order chi connectivity index (χ0) is 32.6. The quantitative estimate of drug-likeness (QED) is 0.243. The molecule has 4 rings (SSSR count). The minimum atomic E-state index is -0.578. The van der Waals surface area contributed by atoms with Gasteiger partial charge >= 0.3 is 0 Å². The van der Waals surface area contributed by atoms with Crippen molar-refractivity contribution < 1.29 is 14.4 Å². The number of nitrogens with two attached hydrogens (primary N) is 1. The lowest BCUT2D eigenvalue weighted by Crippen LogP contribution is -2.50. The van der Waals surface area contributed by atoms with Crippen molar-refractivity contribution in [1.82, 2.24) is 4.90 Å². The highest BCUT2D eigenvalue weighted by Crippen LogP contribution is 2.41. The second-order valence-electron chi connectivity index (χ2n) is 15.9. The van der Waals surface area contributed by atoms with Crippen molar-refractivity contribution in [3.05, 3.63) is 29.3 Å². The molecule has 0 unspecified atom stereocenters. The van der Waals surface area contributed by atoms with Crippen LogP contribution >= 0.6 is 0 Å². The molecule has 3 N–H and O–H groups in total. The van der Waals surface area contributed by atoms with Crippen LogP contribution in [0.2, 0.25) is 0 Å². The second kappa shape index (κ2) is 16.5. The van der Waals surface area contributed by atoms with Crippen LogP contribution in [0.1, 0.15) is 171 Å². The number of amides is 3. The Hall–Kier alpha value is -2.37. The number of unbranched alkanes of at least 4 members (excludes halogenated alkanes) is 2. The van der Waals surface area contributed by atoms with Crippen molar-refractivity contribution in [2.75, 3.05) is 5.32 Å². The highest BCUT2D eigenvalue weighted by atomic mass is 16.2. The predicted octanol–water partition coefficient (Wildman–Crippen LogP) is 9.52. The number of benzene rings is 1. The second-order valence-corrected chi connectivity index (χ2v) is 15.9.